The number of rotatable bonds is 3. The van der Waals surface area contributed by atoms with E-state index in [1.54, 1.807) is 20.8 Å². The first-order valence-electron chi connectivity index (χ1n) is 4.97. The van der Waals surface area contributed by atoms with Crippen LogP contribution in [0.5, 0.6) is 0 Å². The van der Waals surface area contributed by atoms with Crippen LogP contribution >= 0.6 is 0 Å². The largest absolute Gasteiger partial charge is 0.481 e. The highest BCUT2D eigenvalue weighted by Crippen LogP contribution is 2.21. The molecule has 1 aliphatic rings. The summed E-state index contributed by atoms with van der Waals surface area (Å²) in [6.45, 7) is 6.31. The molecule has 5 heteroatoms. The Kier molecular flexibility index (Phi) is 3.34. The van der Waals surface area contributed by atoms with Crippen LogP contribution < -0.4 is 5.32 Å². The maximum atomic E-state index is 11.6. The summed E-state index contributed by atoms with van der Waals surface area (Å²) in [5.41, 5.74) is -0.637. The van der Waals surface area contributed by atoms with Gasteiger partial charge in [-0.15, -0.1) is 0 Å². The van der Waals surface area contributed by atoms with Gasteiger partial charge in [0, 0.05) is 19.0 Å². The zero-order chi connectivity index (χ0) is 11.6. The average molecular weight is 215 g/mol. The fourth-order valence-electron chi connectivity index (χ4n) is 1.41. The SMILES string of the molecule is CC(C)(C)OC(=O)C(C(=O)O)C1CNC1. The fourth-order valence-corrected chi connectivity index (χ4v) is 1.41. The number of esters is 1. The van der Waals surface area contributed by atoms with Gasteiger partial charge >= 0.3 is 11.9 Å². The molecule has 5 nitrogen and oxygen atoms in total. The topological polar surface area (TPSA) is 75.6 Å². The van der Waals surface area contributed by atoms with Crippen molar-refractivity contribution in [2.45, 2.75) is 26.4 Å². The van der Waals surface area contributed by atoms with Crippen LogP contribution in [0.3, 0.4) is 0 Å². The minimum atomic E-state index is -1.10. The van der Waals surface area contributed by atoms with Crippen LogP contribution in [-0.2, 0) is 14.3 Å². The second-order valence-electron chi connectivity index (χ2n) is 4.77. The zero-order valence-corrected chi connectivity index (χ0v) is 9.24. The quantitative estimate of drug-likeness (QED) is 0.521. The number of carboxylic acids is 1. The molecule has 2 N–H and O–H groups in total. The highest BCUT2D eigenvalue weighted by Gasteiger charge is 2.40. The van der Waals surface area contributed by atoms with Gasteiger partial charge in [-0.25, -0.2) is 0 Å². The number of carboxylic acid groups (broad SMARTS) is 1. The van der Waals surface area contributed by atoms with Crippen LogP contribution in [0, 0.1) is 11.8 Å². The third-order valence-corrected chi connectivity index (χ3v) is 2.21. The van der Waals surface area contributed by atoms with Crippen molar-refractivity contribution in [2.75, 3.05) is 13.1 Å². The van der Waals surface area contributed by atoms with E-state index in [1.165, 1.54) is 0 Å². The van der Waals surface area contributed by atoms with Gasteiger partial charge in [-0.3, -0.25) is 9.59 Å². The lowest BCUT2D eigenvalue weighted by atomic mass is 9.87. The smallest absolute Gasteiger partial charge is 0.321 e. The van der Waals surface area contributed by atoms with Gasteiger partial charge in [-0.2, -0.15) is 0 Å². The number of carbonyl (C=O) groups is 2. The van der Waals surface area contributed by atoms with Crippen molar-refractivity contribution in [3.05, 3.63) is 0 Å². The second-order valence-corrected chi connectivity index (χ2v) is 4.77. The highest BCUT2D eigenvalue weighted by atomic mass is 16.6. The predicted octanol–water partition coefficient (Wildman–Crippen LogP) is 0.248. The molecule has 0 saturated carbocycles. The van der Waals surface area contributed by atoms with E-state index >= 15 is 0 Å². The molecule has 0 aromatic heterocycles. The van der Waals surface area contributed by atoms with Gasteiger partial charge in [0.25, 0.3) is 0 Å². The van der Waals surface area contributed by atoms with E-state index < -0.39 is 23.5 Å². The van der Waals surface area contributed by atoms with Crippen LogP contribution in [0.1, 0.15) is 20.8 Å². The van der Waals surface area contributed by atoms with Gasteiger partial charge in [0.1, 0.15) is 5.60 Å². The Hall–Kier alpha value is -1.10. The second kappa shape index (κ2) is 4.18. The Morgan fingerprint density at radius 1 is 1.40 bits per heavy atom. The van der Waals surface area contributed by atoms with Crippen molar-refractivity contribution in [3.8, 4) is 0 Å². The molecule has 15 heavy (non-hydrogen) atoms. The van der Waals surface area contributed by atoms with Crippen molar-refractivity contribution in [2.24, 2.45) is 11.8 Å². The number of nitrogens with one attached hydrogen (secondary N) is 1. The molecule has 1 heterocycles. The Morgan fingerprint density at radius 3 is 2.20 bits per heavy atom. The molecule has 0 aliphatic carbocycles. The van der Waals surface area contributed by atoms with Crippen LogP contribution in [-0.4, -0.2) is 35.7 Å². The molecule has 86 valence electrons. The number of hydrogen-bond donors (Lipinski definition) is 2. The van der Waals surface area contributed by atoms with E-state index in [9.17, 15) is 9.59 Å². The molecular formula is C10H17NO4. The van der Waals surface area contributed by atoms with Gasteiger partial charge in [0.2, 0.25) is 0 Å². The Bertz CT molecular complexity index is 265. The molecule has 0 spiro atoms. The van der Waals surface area contributed by atoms with E-state index in [0.29, 0.717) is 13.1 Å². The van der Waals surface area contributed by atoms with Crippen LogP contribution in [0.15, 0.2) is 0 Å². The molecule has 1 aliphatic heterocycles. The van der Waals surface area contributed by atoms with Crippen molar-refractivity contribution >= 4 is 11.9 Å². The first-order valence-corrected chi connectivity index (χ1v) is 4.97. The normalized spacial score (nSPS) is 19.1. The summed E-state index contributed by atoms with van der Waals surface area (Å²) in [5, 5.41) is 11.9. The summed E-state index contributed by atoms with van der Waals surface area (Å²) < 4.78 is 5.07. The molecule has 0 radical (unpaired) electrons. The van der Waals surface area contributed by atoms with Gasteiger partial charge < -0.3 is 15.2 Å². The third kappa shape index (κ3) is 3.20. The minimum Gasteiger partial charge on any atom is -0.481 e. The third-order valence-electron chi connectivity index (χ3n) is 2.21. The number of ether oxygens (including phenoxy) is 1. The lowest BCUT2D eigenvalue weighted by molar-refractivity contribution is -0.170. The summed E-state index contributed by atoms with van der Waals surface area (Å²) in [7, 11) is 0. The van der Waals surface area contributed by atoms with Crippen LogP contribution in [0.2, 0.25) is 0 Å². The number of carbonyl (C=O) groups excluding carboxylic acids is 1. The Labute approximate surface area is 88.8 Å². The monoisotopic (exact) mass is 215 g/mol. The molecule has 1 atom stereocenters. The van der Waals surface area contributed by atoms with E-state index in [4.69, 9.17) is 9.84 Å². The van der Waals surface area contributed by atoms with Crippen molar-refractivity contribution in [3.63, 3.8) is 0 Å². The van der Waals surface area contributed by atoms with E-state index in [2.05, 4.69) is 5.32 Å². The zero-order valence-electron chi connectivity index (χ0n) is 9.24. The lowest BCUT2D eigenvalue weighted by Crippen LogP contribution is -2.51. The van der Waals surface area contributed by atoms with Gasteiger partial charge in [0.15, 0.2) is 5.92 Å². The summed E-state index contributed by atoms with van der Waals surface area (Å²) in [6, 6.07) is 0. The average Bonchev–Trinajstić information content (AvgIpc) is 1.91. The van der Waals surface area contributed by atoms with Crippen molar-refractivity contribution in [1.82, 2.24) is 5.32 Å². The fraction of sp³-hybridized carbons (Fsp3) is 0.800. The van der Waals surface area contributed by atoms with E-state index in [0.717, 1.165) is 0 Å². The van der Waals surface area contributed by atoms with Crippen LogP contribution in [0.25, 0.3) is 0 Å². The molecule has 0 bridgehead atoms. The summed E-state index contributed by atoms with van der Waals surface area (Å²) in [5.74, 6) is -2.92. The first-order chi connectivity index (χ1) is 6.81. The summed E-state index contributed by atoms with van der Waals surface area (Å²) in [6.07, 6.45) is 0. The molecule has 0 aromatic carbocycles. The predicted molar refractivity (Wildman–Crippen MR) is 53.3 cm³/mol. The van der Waals surface area contributed by atoms with Gasteiger partial charge in [-0.1, -0.05) is 0 Å². The van der Waals surface area contributed by atoms with Gasteiger partial charge in [0.05, 0.1) is 0 Å². The van der Waals surface area contributed by atoms with Crippen molar-refractivity contribution < 1.29 is 19.4 Å². The maximum absolute atomic E-state index is 11.6. The van der Waals surface area contributed by atoms with Gasteiger partial charge in [-0.05, 0) is 20.8 Å². The summed E-state index contributed by atoms with van der Waals surface area (Å²) in [4.78, 5) is 22.5. The van der Waals surface area contributed by atoms with Crippen LogP contribution in [0.4, 0.5) is 0 Å². The molecule has 0 amide bonds. The molecule has 1 fully saturated rings. The Balaban J connectivity index is 2.63. The molecule has 0 aromatic rings. The molecule has 1 unspecified atom stereocenters. The van der Waals surface area contributed by atoms with Crippen molar-refractivity contribution in [1.29, 1.82) is 0 Å². The molecule has 1 saturated heterocycles. The first kappa shape index (κ1) is 12.0. The number of aliphatic carboxylic acids is 1. The molecular weight excluding hydrogens is 198 g/mol. The van der Waals surface area contributed by atoms with E-state index in [-0.39, 0.29) is 5.92 Å². The lowest BCUT2D eigenvalue weighted by Gasteiger charge is -2.32. The minimum absolute atomic E-state index is 0.141. The standard InChI is InChI=1S/C10H17NO4/c1-10(2,3)15-9(14)7(8(12)13)6-4-11-5-6/h6-7,11H,4-5H2,1-3H3,(H,12,13). The molecule has 1 rings (SSSR count). The Morgan fingerprint density at radius 2 is 1.93 bits per heavy atom. The summed E-state index contributed by atoms with van der Waals surface area (Å²) >= 11 is 0. The highest BCUT2D eigenvalue weighted by molar-refractivity contribution is 5.94. The number of hydrogen-bond acceptors (Lipinski definition) is 4. The van der Waals surface area contributed by atoms with E-state index in [1.807, 2.05) is 0 Å². The maximum Gasteiger partial charge on any atom is 0.321 e.